The van der Waals surface area contributed by atoms with Gasteiger partial charge in [0.05, 0.1) is 12.2 Å². The van der Waals surface area contributed by atoms with E-state index in [-0.39, 0.29) is 0 Å². The normalized spacial score (nSPS) is 25.7. The Balaban J connectivity index is 2.09. The molecule has 0 saturated carbocycles. The Morgan fingerprint density at radius 2 is 2.20 bits per heavy atom. The van der Waals surface area contributed by atoms with Crippen molar-refractivity contribution in [2.45, 2.75) is 25.0 Å². The maximum atomic E-state index is 10.2. The third kappa shape index (κ3) is 2.56. The van der Waals surface area contributed by atoms with Crippen LogP contribution in [0.4, 0.5) is 0 Å². The first-order chi connectivity index (χ1) is 7.22. The van der Waals surface area contributed by atoms with Crippen LogP contribution in [0.3, 0.4) is 0 Å². The van der Waals surface area contributed by atoms with E-state index in [1.54, 1.807) is 0 Å². The lowest BCUT2D eigenvalue weighted by Gasteiger charge is -2.20. The van der Waals surface area contributed by atoms with Gasteiger partial charge in [0.15, 0.2) is 0 Å². The predicted octanol–water partition coefficient (Wildman–Crippen LogP) is 0.839. The van der Waals surface area contributed by atoms with Gasteiger partial charge in [0.1, 0.15) is 0 Å². The van der Waals surface area contributed by atoms with Crippen molar-refractivity contribution in [3.8, 4) is 0 Å². The number of rotatable bonds is 3. The fourth-order valence-corrected chi connectivity index (χ4v) is 1.98. The van der Waals surface area contributed by atoms with Crippen LogP contribution in [-0.4, -0.2) is 23.9 Å². The van der Waals surface area contributed by atoms with Crippen molar-refractivity contribution in [1.29, 1.82) is 0 Å². The topological polar surface area (TPSA) is 55.5 Å². The largest absolute Gasteiger partial charge is 0.387 e. The van der Waals surface area contributed by atoms with Crippen LogP contribution >= 0.6 is 0 Å². The molecule has 0 bridgehead atoms. The number of hydrogen-bond acceptors (Lipinski definition) is 3. The Morgan fingerprint density at radius 3 is 2.87 bits per heavy atom. The van der Waals surface area contributed by atoms with Crippen LogP contribution in [0, 0.1) is 0 Å². The van der Waals surface area contributed by atoms with E-state index in [2.05, 4.69) is 6.07 Å². The number of benzene rings is 1. The van der Waals surface area contributed by atoms with Crippen LogP contribution in [0.25, 0.3) is 0 Å². The van der Waals surface area contributed by atoms with E-state index in [1.807, 2.05) is 18.2 Å². The lowest BCUT2D eigenvalue weighted by molar-refractivity contribution is 0.0270. The Kier molecular flexibility index (Phi) is 3.05. The second kappa shape index (κ2) is 4.31. The molecule has 1 aromatic rings. The smallest absolute Gasteiger partial charge is 0.0942 e. The Bertz CT molecular complexity index is 332. The zero-order chi connectivity index (χ0) is 10.7. The third-order valence-corrected chi connectivity index (χ3v) is 2.84. The summed E-state index contributed by atoms with van der Waals surface area (Å²) in [4.78, 5) is 0. The van der Waals surface area contributed by atoms with Crippen LogP contribution in [0.2, 0.25) is 0 Å². The first-order valence-electron chi connectivity index (χ1n) is 5.30. The highest BCUT2D eigenvalue weighted by Gasteiger charge is 2.32. The average Bonchev–Trinajstić information content (AvgIpc) is 2.65. The molecule has 0 radical (unpaired) electrons. The van der Waals surface area contributed by atoms with Gasteiger partial charge in [-0.2, -0.15) is 0 Å². The van der Waals surface area contributed by atoms with Crippen LogP contribution in [-0.2, 0) is 17.7 Å². The van der Waals surface area contributed by atoms with E-state index < -0.39 is 5.60 Å². The van der Waals surface area contributed by atoms with Gasteiger partial charge in [0, 0.05) is 26.0 Å². The summed E-state index contributed by atoms with van der Waals surface area (Å²) in [7, 11) is 0. The molecule has 3 nitrogen and oxygen atoms in total. The second-order valence-corrected chi connectivity index (χ2v) is 4.23. The Morgan fingerprint density at radius 1 is 1.40 bits per heavy atom. The van der Waals surface area contributed by atoms with Gasteiger partial charge >= 0.3 is 0 Å². The van der Waals surface area contributed by atoms with Gasteiger partial charge in [0.2, 0.25) is 0 Å². The molecule has 15 heavy (non-hydrogen) atoms. The molecule has 3 N–H and O–H groups in total. The molecule has 1 atom stereocenters. The molecule has 1 aliphatic heterocycles. The summed E-state index contributed by atoms with van der Waals surface area (Å²) in [6.07, 6.45) is 1.38. The van der Waals surface area contributed by atoms with Crippen LogP contribution in [0.1, 0.15) is 17.5 Å². The molecule has 82 valence electrons. The molecule has 1 aromatic carbocycles. The summed E-state index contributed by atoms with van der Waals surface area (Å²) < 4.78 is 5.21. The van der Waals surface area contributed by atoms with Gasteiger partial charge < -0.3 is 15.6 Å². The van der Waals surface area contributed by atoms with Crippen LogP contribution < -0.4 is 5.73 Å². The molecule has 0 aromatic heterocycles. The van der Waals surface area contributed by atoms with Crippen molar-refractivity contribution >= 4 is 0 Å². The average molecular weight is 207 g/mol. The number of hydrogen-bond donors (Lipinski definition) is 2. The van der Waals surface area contributed by atoms with Gasteiger partial charge in [0.25, 0.3) is 0 Å². The fourth-order valence-electron chi connectivity index (χ4n) is 1.98. The van der Waals surface area contributed by atoms with Gasteiger partial charge in [-0.3, -0.25) is 0 Å². The molecule has 2 rings (SSSR count). The molecule has 3 heteroatoms. The molecule has 1 fully saturated rings. The highest BCUT2D eigenvalue weighted by atomic mass is 16.5. The first kappa shape index (κ1) is 10.6. The molecule has 1 heterocycles. The summed E-state index contributed by atoms with van der Waals surface area (Å²) in [5, 5.41) is 10.2. The van der Waals surface area contributed by atoms with Gasteiger partial charge in [-0.15, -0.1) is 0 Å². The lowest BCUT2D eigenvalue weighted by atomic mass is 9.93. The molecule has 0 spiro atoms. The van der Waals surface area contributed by atoms with E-state index in [0.717, 1.165) is 17.5 Å². The molecule has 0 aliphatic carbocycles. The fraction of sp³-hybridized carbons (Fsp3) is 0.500. The van der Waals surface area contributed by atoms with Gasteiger partial charge in [-0.1, -0.05) is 24.3 Å². The molecule has 1 unspecified atom stereocenters. The van der Waals surface area contributed by atoms with E-state index >= 15 is 0 Å². The molecule has 1 saturated heterocycles. The van der Waals surface area contributed by atoms with Crippen molar-refractivity contribution in [3.63, 3.8) is 0 Å². The molecule has 0 amide bonds. The second-order valence-electron chi connectivity index (χ2n) is 4.23. The minimum Gasteiger partial charge on any atom is -0.387 e. The quantitative estimate of drug-likeness (QED) is 0.772. The Labute approximate surface area is 89.9 Å². The summed E-state index contributed by atoms with van der Waals surface area (Å²) in [6.45, 7) is 1.65. The highest BCUT2D eigenvalue weighted by molar-refractivity contribution is 5.24. The van der Waals surface area contributed by atoms with Crippen molar-refractivity contribution < 1.29 is 9.84 Å². The summed E-state index contributed by atoms with van der Waals surface area (Å²) in [5.41, 5.74) is 7.14. The van der Waals surface area contributed by atoms with Crippen LogP contribution in [0.15, 0.2) is 24.3 Å². The zero-order valence-electron chi connectivity index (χ0n) is 8.78. The standard InChI is InChI=1S/C12H17NO2/c13-8-11-3-1-2-10(6-11)7-12(14)4-5-15-9-12/h1-3,6,14H,4-5,7-9,13H2. The zero-order valence-corrected chi connectivity index (χ0v) is 8.78. The van der Waals surface area contributed by atoms with Gasteiger partial charge in [-0.05, 0) is 11.1 Å². The third-order valence-electron chi connectivity index (χ3n) is 2.84. The van der Waals surface area contributed by atoms with E-state index in [0.29, 0.717) is 26.2 Å². The highest BCUT2D eigenvalue weighted by Crippen LogP contribution is 2.23. The van der Waals surface area contributed by atoms with Crippen LogP contribution in [0.5, 0.6) is 0 Å². The van der Waals surface area contributed by atoms with Gasteiger partial charge in [-0.25, -0.2) is 0 Å². The molecular formula is C12H17NO2. The summed E-state index contributed by atoms with van der Waals surface area (Å²) in [6, 6.07) is 8.06. The van der Waals surface area contributed by atoms with Crippen molar-refractivity contribution in [3.05, 3.63) is 35.4 Å². The number of aliphatic hydroxyl groups is 1. The van der Waals surface area contributed by atoms with E-state index in [1.165, 1.54) is 0 Å². The van der Waals surface area contributed by atoms with Crippen molar-refractivity contribution in [1.82, 2.24) is 0 Å². The number of nitrogens with two attached hydrogens (primary N) is 1. The Hall–Kier alpha value is -0.900. The minimum atomic E-state index is -0.673. The SMILES string of the molecule is NCc1cccc(CC2(O)CCOC2)c1. The number of ether oxygens (including phenoxy) is 1. The predicted molar refractivity (Wildman–Crippen MR) is 58.4 cm³/mol. The van der Waals surface area contributed by atoms with Crippen molar-refractivity contribution in [2.24, 2.45) is 5.73 Å². The van der Waals surface area contributed by atoms with E-state index in [9.17, 15) is 5.11 Å². The van der Waals surface area contributed by atoms with Crippen molar-refractivity contribution in [2.75, 3.05) is 13.2 Å². The molecule has 1 aliphatic rings. The molecular weight excluding hydrogens is 190 g/mol. The minimum absolute atomic E-state index is 0.444. The van der Waals surface area contributed by atoms with E-state index in [4.69, 9.17) is 10.5 Å². The maximum Gasteiger partial charge on any atom is 0.0942 e. The summed E-state index contributed by atoms with van der Waals surface area (Å²) in [5.74, 6) is 0. The lowest BCUT2D eigenvalue weighted by Crippen LogP contribution is -2.31. The maximum absolute atomic E-state index is 10.2. The first-order valence-corrected chi connectivity index (χ1v) is 5.30. The summed E-state index contributed by atoms with van der Waals surface area (Å²) >= 11 is 0. The monoisotopic (exact) mass is 207 g/mol.